The summed E-state index contributed by atoms with van der Waals surface area (Å²) in [5.41, 5.74) is 0. The van der Waals surface area contributed by atoms with E-state index in [1.54, 1.807) is 17.7 Å². The second-order valence-corrected chi connectivity index (χ2v) is 5.00. The Kier molecular flexibility index (Phi) is 4.28. The van der Waals surface area contributed by atoms with Crippen molar-refractivity contribution in [2.24, 2.45) is 0 Å². The summed E-state index contributed by atoms with van der Waals surface area (Å²) in [6, 6.07) is 4.70. The minimum Gasteiger partial charge on any atom is -0.316 e. The van der Waals surface area contributed by atoms with Crippen molar-refractivity contribution in [2.75, 3.05) is 7.05 Å². The summed E-state index contributed by atoms with van der Waals surface area (Å²) in [4.78, 5) is 5.73. The van der Waals surface area contributed by atoms with Gasteiger partial charge in [-0.3, -0.25) is 4.68 Å². The van der Waals surface area contributed by atoms with E-state index in [1.807, 2.05) is 11.7 Å². The molecule has 0 radical (unpaired) electrons. The van der Waals surface area contributed by atoms with Crippen molar-refractivity contribution in [2.45, 2.75) is 32.4 Å². The van der Waals surface area contributed by atoms with Crippen molar-refractivity contribution < 1.29 is 0 Å². The molecule has 0 bridgehead atoms. The summed E-state index contributed by atoms with van der Waals surface area (Å²) in [5, 5.41) is 9.68. The number of aryl methyl sites for hydroxylation is 1. The van der Waals surface area contributed by atoms with Crippen LogP contribution in [0.3, 0.4) is 0 Å². The van der Waals surface area contributed by atoms with Gasteiger partial charge in [0.1, 0.15) is 12.2 Å². The van der Waals surface area contributed by atoms with E-state index in [0.29, 0.717) is 6.04 Å². The highest BCUT2D eigenvalue weighted by molar-refractivity contribution is 7.09. The van der Waals surface area contributed by atoms with Gasteiger partial charge in [0.25, 0.3) is 0 Å². The Labute approximate surface area is 106 Å². The molecule has 0 aliphatic rings. The van der Waals surface area contributed by atoms with Gasteiger partial charge in [0.2, 0.25) is 0 Å². The molecule has 2 aromatic rings. The highest BCUT2D eigenvalue weighted by atomic mass is 32.1. The minimum absolute atomic E-state index is 0.420. The summed E-state index contributed by atoms with van der Waals surface area (Å²) >= 11 is 1.81. The molecule has 0 aromatic carbocycles. The van der Waals surface area contributed by atoms with E-state index in [0.717, 1.165) is 25.2 Å². The minimum atomic E-state index is 0.420. The number of thiophene rings is 1. The quantitative estimate of drug-likeness (QED) is 0.849. The molecule has 5 heteroatoms. The molecule has 0 saturated heterocycles. The van der Waals surface area contributed by atoms with E-state index in [4.69, 9.17) is 0 Å². The fourth-order valence-electron chi connectivity index (χ4n) is 1.88. The summed E-state index contributed by atoms with van der Waals surface area (Å²) in [6.07, 6.45) is 3.60. The van der Waals surface area contributed by atoms with E-state index in [-0.39, 0.29) is 0 Å². The molecule has 1 N–H and O–H groups in total. The maximum Gasteiger partial charge on any atom is 0.138 e. The van der Waals surface area contributed by atoms with Gasteiger partial charge in [-0.2, -0.15) is 5.10 Å². The average molecular weight is 250 g/mol. The Morgan fingerprint density at radius 1 is 1.47 bits per heavy atom. The van der Waals surface area contributed by atoms with E-state index < -0.39 is 0 Å². The molecule has 0 fully saturated rings. The molecule has 0 aliphatic carbocycles. The highest BCUT2D eigenvalue weighted by Gasteiger charge is 2.12. The molecule has 17 heavy (non-hydrogen) atoms. The molecule has 0 spiro atoms. The maximum atomic E-state index is 4.32. The molecule has 0 amide bonds. The summed E-state index contributed by atoms with van der Waals surface area (Å²) in [6.45, 7) is 2.97. The monoisotopic (exact) mass is 250 g/mol. The average Bonchev–Trinajstić information content (AvgIpc) is 2.99. The molecule has 0 aliphatic heterocycles. The largest absolute Gasteiger partial charge is 0.316 e. The van der Waals surface area contributed by atoms with Gasteiger partial charge in [0.15, 0.2) is 0 Å². The lowest BCUT2D eigenvalue weighted by Crippen LogP contribution is -2.30. The fourth-order valence-corrected chi connectivity index (χ4v) is 2.67. The number of rotatable bonds is 6. The standard InChI is InChI=1S/C12H18N4S/c1-3-16-12(14-9-15-16)8-10(13-2)7-11-5-4-6-17-11/h4-6,9-10,13H,3,7-8H2,1-2H3. The molecule has 1 atom stereocenters. The van der Waals surface area contributed by atoms with Crippen molar-refractivity contribution in [1.29, 1.82) is 0 Å². The Morgan fingerprint density at radius 2 is 2.35 bits per heavy atom. The van der Waals surface area contributed by atoms with Gasteiger partial charge < -0.3 is 5.32 Å². The van der Waals surface area contributed by atoms with Gasteiger partial charge in [-0.05, 0) is 31.8 Å². The number of hydrogen-bond acceptors (Lipinski definition) is 4. The molecule has 0 saturated carbocycles. The number of nitrogens with one attached hydrogen (secondary N) is 1. The molecule has 2 aromatic heterocycles. The van der Waals surface area contributed by atoms with Gasteiger partial charge >= 0.3 is 0 Å². The number of aromatic nitrogens is 3. The van der Waals surface area contributed by atoms with Crippen molar-refractivity contribution in [1.82, 2.24) is 20.1 Å². The lowest BCUT2D eigenvalue weighted by molar-refractivity contribution is 0.515. The predicted molar refractivity (Wildman–Crippen MR) is 70.3 cm³/mol. The SMILES string of the molecule is CCn1ncnc1CC(Cc1cccs1)NC. The van der Waals surface area contributed by atoms with Crippen LogP contribution in [0.1, 0.15) is 17.6 Å². The maximum absolute atomic E-state index is 4.32. The van der Waals surface area contributed by atoms with E-state index in [1.165, 1.54) is 4.88 Å². The first kappa shape index (κ1) is 12.3. The Balaban J connectivity index is 2.00. The third-order valence-electron chi connectivity index (χ3n) is 2.86. The molecular formula is C12H18N4S. The highest BCUT2D eigenvalue weighted by Crippen LogP contribution is 2.13. The van der Waals surface area contributed by atoms with Crippen molar-refractivity contribution in [3.63, 3.8) is 0 Å². The van der Waals surface area contributed by atoms with Crippen molar-refractivity contribution >= 4 is 11.3 Å². The van der Waals surface area contributed by atoms with Gasteiger partial charge in [0, 0.05) is 23.9 Å². The second-order valence-electron chi connectivity index (χ2n) is 3.97. The Hall–Kier alpha value is -1.20. The zero-order valence-electron chi connectivity index (χ0n) is 10.3. The van der Waals surface area contributed by atoms with Gasteiger partial charge in [-0.15, -0.1) is 11.3 Å². The first-order valence-corrected chi connectivity index (χ1v) is 6.77. The zero-order valence-corrected chi connectivity index (χ0v) is 11.1. The molecule has 2 heterocycles. The van der Waals surface area contributed by atoms with Crippen LogP contribution in [0.4, 0.5) is 0 Å². The number of nitrogens with zero attached hydrogens (tertiary/aromatic N) is 3. The van der Waals surface area contributed by atoms with E-state index >= 15 is 0 Å². The lowest BCUT2D eigenvalue weighted by atomic mass is 10.1. The Morgan fingerprint density at radius 3 is 3.00 bits per heavy atom. The van der Waals surface area contributed by atoms with E-state index in [9.17, 15) is 0 Å². The summed E-state index contributed by atoms with van der Waals surface area (Å²) < 4.78 is 1.96. The van der Waals surface area contributed by atoms with E-state index in [2.05, 4.69) is 39.8 Å². The van der Waals surface area contributed by atoms with Crippen LogP contribution in [-0.2, 0) is 19.4 Å². The topological polar surface area (TPSA) is 42.7 Å². The van der Waals surface area contributed by atoms with Crippen molar-refractivity contribution in [3.8, 4) is 0 Å². The fraction of sp³-hybridized carbons (Fsp3) is 0.500. The smallest absolute Gasteiger partial charge is 0.138 e. The first-order chi connectivity index (χ1) is 8.33. The zero-order chi connectivity index (χ0) is 12.1. The first-order valence-electron chi connectivity index (χ1n) is 5.89. The second kappa shape index (κ2) is 5.93. The third-order valence-corrected chi connectivity index (χ3v) is 3.76. The van der Waals surface area contributed by atoms with Crippen molar-refractivity contribution in [3.05, 3.63) is 34.5 Å². The van der Waals surface area contributed by atoms with Crippen LogP contribution < -0.4 is 5.32 Å². The predicted octanol–water partition coefficient (Wildman–Crippen LogP) is 1.73. The normalized spacial score (nSPS) is 12.8. The number of likely N-dealkylation sites (N-methyl/N-ethyl adjacent to an activating group) is 1. The molecule has 1 unspecified atom stereocenters. The summed E-state index contributed by atoms with van der Waals surface area (Å²) in [5.74, 6) is 1.06. The summed E-state index contributed by atoms with van der Waals surface area (Å²) in [7, 11) is 2.00. The Bertz CT molecular complexity index is 435. The van der Waals surface area contributed by atoms with Crippen LogP contribution >= 0.6 is 11.3 Å². The molecular weight excluding hydrogens is 232 g/mol. The lowest BCUT2D eigenvalue weighted by Gasteiger charge is -2.14. The molecule has 92 valence electrons. The van der Waals surface area contributed by atoms with Gasteiger partial charge in [-0.1, -0.05) is 6.07 Å². The van der Waals surface area contributed by atoms with Crippen LogP contribution in [0.15, 0.2) is 23.8 Å². The van der Waals surface area contributed by atoms with Crippen LogP contribution in [0.2, 0.25) is 0 Å². The van der Waals surface area contributed by atoms with Crippen LogP contribution in [0, 0.1) is 0 Å². The van der Waals surface area contributed by atoms with Crippen LogP contribution in [-0.4, -0.2) is 27.9 Å². The van der Waals surface area contributed by atoms with Crippen LogP contribution in [0.25, 0.3) is 0 Å². The van der Waals surface area contributed by atoms with Crippen LogP contribution in [0.5, 0.6) is 0 Å². The number of hydrogen-bond donors (Lipinski definition) is 1. The third kappa shape index (κ3) is 3.14. The molecule has 2 rings (SSSR count). The molecule has 4 nitrogen and oxygen atoms in total. The van der Waals surface area contributed by atoms with Gasteiger partial charge in [-0.25, -0.2) is 4.98 Å². The van der Waals surface area contributed by atoms with Gasteiger partial charge in [0.05, 0.1) is 0 Å².